The molecule has 0 atom stereocenters. The minimum Gasteiger partial charge on any atom is -0.0149 e. The van der Waals surface area contributed by atoms with Crippen molar-refractivity contribution in [2.45, 2.75) is 0 Å². The normalized spacial score (nSPS) is 0. The first-order valence-corrected chi connectivity index (χ1v) is 0. The summed E-state index contributed by atoms with van der Waals surface area (Å²) in [6.45, 7) is 0. The predicted octanol–water partition coefficient (Wildman–Crippen LogP) is -2.59. The van der Waals surface area contributed by atoms with Crippen LogP contribution in [-0.4, -0.2) is 66.3 Å². The summed E-state index contributed by atoms with van der Waals surface area (Å²) in [6, 6.07) is 0. The van der Waals surface area contributed by atoms with Gasteiger partial charge in [-0.2, -0.15) is 0 Å². The summed E-state index contributed by atoms with van der Waals surface area (Å²) in [6.07, 6.45) is 0. The monoisotopic (exact) mass is 250 g/mol. The molecule has 10 radical (unpaired) electrons. The zero-order chi connectivity index (χ0) is 0. The van der Waals surface area contributed by atoms with E-state index in [-0.39, 0.29) is 66.3 Å². The van der Waals surface area contributed by atoms with Gasteiger partial charge in [-0.15, -0.1) is 0 Å². The molecule has 0 amide bonds. The third-order valence-electron chi connectivity index (χ3n) is 0. The minimum absolute atomic E-state index is 0. The summed E-state index contributed by atoms with van der Waals surface area (Å²) >= 11 is 0. The molecule has 0 aliphatic rings. The van der Waals surface area contributed by atoms with E-state index in [1.165, 1.54) is 0 Å². The summed E-state index contributed by atoms with van der Waals surface area (Å²) in [5.41, 5.74) is 0. The van der Waals surface area contributed by atoms with Crippen molar-refractivity contribution in [1.29, 1.82) is 0 Å². The van der Waals surface area contributed by atoms with Gasteiger partial charge in [0.15, 0.2) is 0 Å². The second kappa shape index (κ2) is 20.3. The first kappa shape index (κ1) is 38.3. The first-order valence-electron chi connectivity index (χ1n) is 0. The molecule has 0 N–H and O–H groups in total. The Morgan fingerprint density at radius 1 is 1.00 bits per heavy atom. The van der Waals surface area contributed by atoms with E-state index in [1.54, 1.807) is 0 Å². The smallest absolute Gasteiger partial charge is 0 e. The topological polar surface area (TPSA) is 0 Å². The zero-order valence-electron chi connectivity index (χ0n) is 1.52. The zero-order valence-corrected chi connectivity index (χ0v) is 7.92. The van der Waals surface area contributed by atoms with Crippen LogP contribution in [0, 0.1) is 0 Å². The minimum atomic E-state index is 0. The van der Waals surface area contributed by atoms with Gasteiger partial charge in [0.2, 0.25) is 0 Å². The molecule has 0 unspecified atom stereocenters. The fourth-order valence-corrected chi connectivity index (χ4v) is 0. The molecule has 0 nitrogen and oxygen atoms in total. The van der Waals surface area contributed by atoms with E-state index in [4.69, 9.17) is 0 Å². The van der Waals surface area contributed by atoms with Gasteiger partial charge in [0.1, 0.15) is 0 Å². The Morgan fingerprint density at radius 2 is 1.00 bits per heavy atom. The van der Waals surface area contributed by atoms with E-state index in [0.29, 0.717) is 0 Å². The Labute approximate surface area is 65.9 Å². The van der Waals surface area contributed by atoms with Gasteiger partial charge < -0.3 is 0 Å². The third-order valence-corrected chi connectivity index (χ3v) is 0. The van der Waals surface area contributed by atoms with Crippen molar-refractivity contribution in [3.63, 3.8) is 0 Å². The molecular formula is H4AsGaGeSi. The number of rotatable bonds is 0. The van der Waals surface area contributed by atoms with Crippen LogP contribution in [0.1, 0.15) is 0 Å². The van der Waals surface area contributed by atoms with Crippen molar-refractivity contribution >= 4 is 66.3 Å². The molecule has 0 heterocycles. The average molecular weight is 249 g/mol. The predicted molar refractivity (Wildman–Crippen MR) is 28.6 cm³/mol. The van der Waals surface area contributed by atoms with Crippen molar-refractivity contribution in [2.24, 2.45) is 0 Å². The molecule has 0 aromatic carbocycles. The van der Waals surface area contributed by atoms with Crippen LogP contribution < -0.4 is 0 Å². The third kappa shape index (κ3) is 9.04. The van der Waals surface area contributed by atoms with Crippen LogP contribution in [-0.2, 0) is 0 Å². The van der Waals surface area contributed by atoms with Crippen molar-refractivity contribution < 1.29 is 0 Å². The van der Waals surface area contributed by atoms with Gasteiger partial charge in [0.05, 0.1) is 0 Å². The Balaban J connectivity index is 0. The standard InChI is InChI=1S/As.Ga.Ge.H4Si/h;;;1H4. The molecule has 0 spiro atoms. The fraction of sp³-hybridized carbons (Fsp3) is 0. The van der Waals surface area contributed by atoms with E-state index in [2.05, 4.69) is 0 Å². The molecule has 0 bridgehead atoms. The van der Waals surface area contributed by atoms with Crippen LogP contribution in [0.5, 0.6) is 0 Å². The van der Waals surface area contributed by atoms with Crippen LogP contribution in [0.15, 0.2) is 0 Å². The number of hydrogen-bond acceptors (Lipinski definition) is 0. The summed E-state index contributed by atoms with van der Waals surface area (Å²) < 4.78 is 0. The number of hydrogen-bond donors (Lipinski definition) is 0. The van der Waals surface area contributed by atoms with Crippen molar-refractivity contribution in [1.82, 2.24) is 0 Å². The molecule has 0 rings (SSSR count). The van der Waals surface area contributed by atoms with Crippen molar-refractivity contribution in [3.05, 3.63) is 0 Å². The van der Waals surface area contributed by atoms with Crippen molar-refractivity contribution in [3.8, 4) is 0 Å². The molecular weight excluding hydrogens is 245 g/mol. The maximum atomic E-state index is 0. The summed E-state index contributed by atoms with van der Waals surface area (Å²) in [7, 11) is 0. The first-order chi connectivity index (χ1) is 0. The molecule has 0 saturated heterocycles. The Bertz CT molecular complexity index is 8.00. The van der Waals surface area contributed by atoms with E-state index in [0.717, 1.165) is 0 Å². The molecule has 0 aromatic rings. The Kier molecular flexibility index (Phi) is 194. The quantitative estimate of drug-likeness (QED) is 0.413. The molecule has 0 aromatic heterocycles. The summed E-state index contributed by atoms with van der Waals surface area (Å²) in [5, 5.41) is 0. The second-order valence-corrected chi connectivity index (χ2v) is 0. The van der Waals surface area contributed by atoms with Gasteiger partial charge in [-0.3, -0.25) is 0 Å². The van der Waals surface area contributed by atoms with E-state index >= 15 is 0 Å². The van der Waals surface area contributed by atoms with Gasteiger partial charge >= 0.3 is 0 Å². The van der Waals surface area contributed by atoms with Gasteiger partial charge in [-0.1, -0.05) is 0 Å². The molecule has 20 valence electrons. The molecule has 0 aliphatic carbocycles. The van der Waals surface area contributed by atoms with Crippen molar-refractivity contribution in [2.75, 3.05) is 0 Å². The summed E-state index contributed by atoms with van der Waals surface area (Å²) in [5.74, 6) is 0. The van der Waals surface area contributed by atoms with Crippen LogP contribution >= 0.6 is 0 Å². The summed E-state index contributed by atoms with van der Waals surface area (Å²) in [4.78, 5) is 0. The largest absolute Gasteiger partial charge is 0.0149 e. The van der Waals surface area contributed by atoms with Gasteiger partial charge in [-0.25, -0.2) is 0 Å². The molecule has 4 heavy (non-hydrogen) atoms. The second-order valence-electron chi connectivity index (χ2n) is 0. The Morgan fingerprint density at radius 3 is 1.00 bits per heavy atom. The fourth-order valence-electron chi connectivity index (χ4n) is 0. The maximum absolute atomic E-state index is 0. The Hall–Kier alpha value is 1.95. The van der Waals surface area contributed by atoms with E-state index in [9.17, 15) is 0 Å². The SMILES string of the molecule is [As].[Ga].[Ge].[SiH4]. The molecule has 0 saturated carbocycles. The van der Waals surface area contributed by atoms with Gasteiger partial charge in [-0.05, 0) is 11.0 Å². The van der Waals surface area contributed by atoms with Crippen LogP contribution in [0.3, 0.4) is 0 Å². The molecule has 0 fully saturated rings. The van der Waals surface area contributed by atoms with E-state index < -0.39 is 0 Å². The van der Waals surface area contributed by atoms with Gasteiger partial charge in [0, 0.05) is 55.3 Å². The molecule has 4 heteroatoms. The maximum Gasteiger partial charge on any atom is 0 e. The molecule has 0 aliphatic heterocycles. The van der Waals surface area contributed by atoms with E-state index in [1.807, 2.05) is 0 Å². The van der Waals surface area contributed by atoms with Crippen LogP contribution in [0.25, 0.3) is 0 Å². The van der Waals surface area contributed by atoms with Gasteiger partial charge in [0.25, 0.3) is 0 Å². The van der Waals surface area contributed by atoms with Crippen LogP contribution in [0.2, 0.25) is 0 Å². The van der Waals surface area contributed by atoms with Crippen LogP contribution in [0.4, 0.5) is 0 Å². The average Bonchev–Trinajstić information content (AvgIpc) is 0.